The number of carbonyl (C=O) groups excluding carboxylic acids is 1. The summed E-state index contributed by atoms with van der Waals surface area (Å²) >= 11 is 0. The Hall–Kier alpha value is -0.610. The predicted molar refractivity (Wildman–Crippen MR) is 50.6 cm³/mol. The summed E-state index contributed by atoms with van der Waals surface area (Å²) in [6.45, 7) is 3.86. The quantitative estimate of drug-likeness (QED) is 0.642. The maximum atomic E-state index is 11.2. The number of carbonyl (C=O) groups is 1. The van der Waals surface area contributed by atoms with Crippen LogP contribution in [0, 0.1) is 0 Å². The van der Waals surface area contributed by atoms with Crippen LogP contribution >= 0.6 is 0 Å². The van der Waals surface area contributed by atoms with Crippen LogP contribution in [0.4, 0.5) is 0 Å². The third kappa shape index (κ3) is 4.24. The van der Waals surface area contributed by atoms with Crippen molar-refractivity contribution in [3.63, 3.8) is 0 Å². The zero-order valence-electron chi connectivity index (χ0n) is 9.01. The van der Waals surface area contributed by atoms with E-state index in [1.165, 1.54) is 7.11 Å². The average molecular weight is 189 g/mol. The zero-order valence-corrected chi connectivity index (χ0v) is 9.01. The number of ether oxygens (including phenoxy) is 2. The number of rotatable bonds is 5. The molecule has 0 spiro atoms. The van der Waals surface area contributed by atoms with Crippen molar-refractivity contribution in [3.8, 4) is 0 Å². The van der Waals surface area contributed by atoms with E-state index < -0.39 is 0 Å². The number of nitrogens with one attached hydrogen (secondary N) is 1. The van der Waals surface area contributed by atoms with Crippen LogP contribution in [0.1, 0.15) is 20.3 Å². The zero-order chi connectivity index (χ0) is 10.5. The van der Waals surface area contributed by atoms with Crippen LogP contribution in [0.15, 0.2) is 0 Å². The van der Waals surface area contributed by atoms with Crippen molar-refractivity contribution in [1.82, 2.24) is 5.32 Å². The molecule has 4 nitrogen and oxygen atoms in total. The first-order valence-corrected chi connectivity index (χ1v) is 4.27. The van der Waals surface area contributed by atoms with Gasteiger partial charge in [0.25, 0.3) is 0 Å². The Morgan fingerprint density at radius 2 is 2.00 bits per heavy atom. The second kappa shape index (κ2) is 5.19. The Morgan fingerprint density at radius 3 is 2.31 bits per heavy atom. The topological polar surface area (TPSA) is 47.6 Å². The monoisotopic (exact) mass is 189 g/mol. The van der Waals surface area contributed by atoms with E-state index in [0.29, 0.717) is 6.42 Å². The molecule has 0 saturated heterocycles. The molecule has 0 aliphatic rings. The summed E-state index contributed by atoms with van der Waals surface area (Å²) in [5.74, 6) is -0.257. The highest BCUT2D eigenvalue weighted by Crippen LogP contribution is 2.15. The molecule has 0 fully saturated rings. The molecule has 4 heteroatoms. The van der Waals surface area contributed by atoms with Crippen molar-refractivity contribution >= 4 is 5.97 Å². The molecule has 1 unspecified atom stereocenters. The van der Waals surface area contributed by atoms with E-state index in [4.69, 9.17) is 4.74 Å². The molecule has 0 aromatic carbocycles. The molecule has 0 aliphatic heterocycles. The maximum Gasteiger partial charge on any atom is 0.322 e. The van der Waals surface area contributed by atoms with Gasteiger partial charge in [-0.2, -0.15) is 0 Å². The summed E-state index contributed by atoms with van der Waals surface area (Å²) < 4.78 is 9.85. The molecular formula is C9H19NO3. The Kier molecular flexibility index (Phi) is 4.95. The van der Waals surface area contributed by atoms with Crippen LogP contribution < -0.4 is 5.32 Å². The van der Waals surface area contributed by atoms with Crippen molar-refractivity contribution in [1.29, 1.82) is 0 Å². The number of hydrogen-bond donors (Lipinski definition) is 1. The first-order valence-electron chi connectivity index (χ1n) is 4.27. The van der Waals surface area contributed by atoms with E-state index >= 15 is 0 Å². The average Bonchev–Trinajstić information content (AvgIpc) is 2.13. The van der Waals surface area contributed by atoms with Gasteiger partial charge in [-0.1, -0.05) is 0 Å². The van der Waals surface area contributed by atoms with Gasteiger partial charge in [0.1, 0.15) is 6.04 Å². The van der Waals surface area contributed by atoms with E-state index in [1.54, 1.807) is 14.2 Å². The molecule has 0 aromatic rings. The molecule has 0 bridgehead atoms. The first kappa shape index (κ1) is 12.4. The lowest BCUT2D eigenvalue weighted by Gasteiger charge is -2.26. The Bertz CT molecular complexity index is 168. The number of hydrogen-bond acceptors (Lipinski definition) is 4. The van der Waals surface area contributed by atoms with Gasteiger partial charge in [0.15, 0.2) is 0 Å². The van der Waals surface area contributed by atoms with Crippen LogP contribution in [-0.4, -0.2) is 38.9 Å². The summed E-state index contributed by atoms with van der Waals surface area (Å²) in [6.07, 6.45) is 0.590. The van der Waals surface area contributed by atoms with E-state index in [2.05, 4.69) is 10.1 Å². The van der Waals surface area contributed by atoms with Gasteiger partial charge in [-0.05, 0) is 20.9 Å². The minimum Gasteiger partial charge on any atom is -0.468 e. The van der Waals surface area contributed by atoms with Crippen LogP contribution in [-0.2, 0) is 14.3 Å². The summed E-state index contributed by atoms with van der Waals surface area (Å²) in [6, 6.07) is -0.306. The van der Waals surface area contributed by atoms with E-state index in [-0.39, 0.29) is 17.6 Å². The molecule has 0 aromatic heterocycles. The van der Waals surface area contributed by atoms with Gasteiger partial charge in [0.2, 0.25) is 0 Å². The van der Waals surface area contributed by atoms with Gasteiger partial charge in [0, 0.05) is 13.5 Å². The van der Waals surface area contributed by atoms with E-state index in [9.17, 15) is 4.79 Å². The van der Waals surface area contributed by atoms with Crippen LogP contribution in [0.5, 0.6) is 0 Å². The molecule has 0 radical (unpaired) electrons. The van der Waals surface area contributed by atoms with Gasteiger partial charge >= 0.3 is 5.97 Å². The minimum absolute atomic E-state index is 0.257. The molecule has 0 amide bonds. The Balaban J connectivity index is 4.20. The SMILES string of the molecule is CNC(CC(C)(C)OC)C(=O)OC. The van der Waals surface area contributed by atoms with Crippen LogP contribution in [0.3, 0.4) is 0 Å². The molecule has 78 valence electrons. The van der Waals surface area contributed by atoms with Gasteiger partial charge in [-0.15, -0.1) is 0 Å². The smallest absolute Gasteiger partial charge is 0.322 e. The van der Waals surface area contributed by atoms with Gasteiger partial charge in [-0.3, -0.25) is 4.79 Å². The lowest BCUT2D eigenvalue weighted by molar-refractivity contribution is -0.144. The highest BCUT2D eigenvalue weighted by molar-refractivity contribution is 5.75. The van der Waals surface area contributed by atoms with Crippen molar-refractivity contribution < 1.29 is 14.3 Å². The highest BCUT2D eigenvalue weighted by atomic mass is 16.5. The molecule has 0 rings (SSSR count). The number of methoxy groups -OCH3 is 2. The minimum atomic E-state index is -0.318. The summed E-state index contributed by atoms with van der Waals surface area (Å²) in [4.78, 5) is 11.2. The summed E-state index contributed by atoms with van der Waals surface area (Å²) in [7, 11) is 4.74. The second-order valence-electron chi connectivity index (χ2n) is 3.53. The first-order chi connectivity index (χ1) is 5.96. The van der Waals surface area contributed by atoms with Crippen molar-refractivity contribution in [3.05, 3.63) is 0 Å². The van der Waals surface area contributed by atoms with Crippen LogP contribution in [0.2, 0.25) is 0 Å². The third-order valence-electron chi connectivity index (χ3n) is 2.08. The standard InChI is InChI=1S/C9H19NO3/c1-9(2,13-5)6-7(10-3)8(11)12-4/h7,10H,6H2,1-5H3. The fraction of sp³-hybridized carbons (Fsp3) is 0.889. The molecule has 1 N–H and O–H groups in total. The Labute approximate surface area is 79.6 Å². The maximum absolute atomic E-state index is 11.2. The van der Waals surface area contributed by atoms with E-state index in [1.807, 2.05) is 13.8 Å². The second-order valence-corrected chi connectivity index (χ2v) is 3.53. The van der Waals surface area contributed by atoms with Crippen molar-refractivity contribution in [2.24, 2.45) is 0 Å². The van der Waals surface area contributed by atoms with Crippen molar-refractivity contribution in [2.45, 2.75) is 31.9 Å². The van der Waals surface area contributed by atoms with Crippen LogP contribution in [0.25, 0.3) is 0 Å². The van der Waals surface area contributed by atoms with Gasteiger partial charge < -0.3 is 14.8 Å². The highest BCUT2D eigenvalue weighted by Gasteiger charge is 2.26. The fourth-order valence-electron chi connectivity index (χ4n) is 1.02. The van der Waals surface area contributed by atoms with Gasteiger partial charge in [-0.25, -0.2) is 0 Å². The molecule has 1 atom stereocenters. The fourth-order valence-corrected chi connectivity index (χ4v) is 1.02. The van der Waals surface area contributed by atoms with Crippen molar-refractivity contribution in [2.75, 3.05) is 21.3 Å². The Morgan fingerprint density at radius 1 is 1.46 bits per heavy atom. The number of likely N-dealkylation sites (N-methyl/N-ethyl adjacent to an activating group) is 1. The lowest BCUT2D eigenvalue weighted by atomic mass is 9.99. The third-order valence-corrected chi connectivity index (χ3v) is 2.08. The normalized spacial score (nSPS) is 13.9. The lowest BCUT2D eigenvalue weighted by Crippen LogP contribution is -2.41. The molecular weight excluding hydrogens is 170 g/mol. The number of esters is 1. The molecule has 0 saturated carbocycles. The molecule has 0 heterocycles. The summed E-state index contributed by atoms with van der Waals surface area (Å²) in [5.41, 5.74) is -0.318. The molecule has 13 heavy (non-hydrogen) atoms. The molecule has 0 aliphatic carbocycles. The summed E-state index contributed by atoms with van der Waals surface area (Å²) in [5, 5.41) is 2.89. The van der Waals surface area contributed by atoms with E-state index in [0.717, 1.165) is 0 Å². The largest absolute Gasteiger partial charge is 0.468 e. The predicted octanol–water partition coefficient (Wildman–Crippen LogP) is 0.562. The van der Waals surface area contributed by atoms with Gasteiger partial charge in [0.05, 0.1) is 12.7 Å².